The van der Waals surface area contributed by atoms with Gasteiger partial charge in [0.2, 0.25) is 0 Å². The molecule has 1 heterocycles. The minimum absolute atomic E-state index is 0.344. The molecule has 0 unspecified atom stereocenters. The summed E-state index contributed by atoms with van der Waals surface area (Å²) >= 11 is 3.32. The minimum Gasteiger partial charge on any atom is -0.465 e. The Morgan fingerprint density at radius 3 is 2.82 bits per heavy atom. The molecule has 0 radical (unpaired) electrons. The highest BCUT2D eigenvalue weighted by molar-refractivity contribution is 9.10. The van der Waals surface area contributed by atoms with E-state index in [4.69, 9.17) is 0 Å². The number of halogens is 1. The summed E-state index contributed by atoms with van der Waals surface area (Å²) in [4.78, 5) is 15.7. The largest absolute Gasteiger partial charge is 0.465 e. The molecule has 2 aromatic rings. The second-order valence-electron chi connectivity index (χ2n) is 3.52. The summed E-state index contributed by atoms with van der Waals surface area (Å²) in [6.07, 6.45) is 1.85. The Bertz CT molecular complexity index is 563. The number of aromatic nitrogens is 2. The molecule has 17 heavy (non-hydrogen) atoms. The van der Waals surface area contributed by atoms with Gasteiger partial charge in [0.15, 0.2) is 0 Å². The van der Waals surface area contributed by atoms with Crippen LogP contribution in [0.15, 0.2) is 35.1 Å². The molecule has 0 saturated carbocycles. The van der Waals surface area contributed by atoms with Crippen molar-refractivity contribution in [2.45, 2.75) is 6.92 Å². The molecule has 0 aliphatic heterocycles. The maximum absolute atomic E-state index is 11.4. The Morgan fingerprint density at radius 1 is 1.47 bits per heavy atom. The molecule has 0 saturated heterocycles. The van der Waals surface area contributed by atoms with Crippen LogP contribution in [-0.4, -0.2) is 22.6 Å². The van der Waals surface area contributed by atoms with E-state index in [0.717, 1.165) is 16.1 Å². The number of imidazole rings is 1. The Hall–Kier alpha value is -1.62. The van der Waals surface area contributed by atoms with Gasteiger partial charge in [-0.1, -0.05) is 6.07 Å². The molecule has 88 valence electrons. The maximum atomic E-state index is 11.4. The van der Waals surface area contributed by atoms with Gasteiger partial charge in [-0.15, -0.1) is 0 Å². The van der Waals surface area contributed by atoms with Crippen LogP contribution in [-0.2, 0) is 4.74 Å². The highest BCUT2D eigenvalue weighted by Gasteiger charge is 2.08. The van der Waals surface area contributed by atoms with Crippen LogP contribution in [0.3, 0.4) is 0 Å². The van der Waals surface area contributed by atoms with Crippen LogP contribution < -0.4 is 0 Å². The summed E-state index contributed by atoms with van der Waals surface area (Å²) < 4.78 is 7.35. The van der Waals surface area contributed by atoms with E-state index in [2.05, 4.69) is 25.7 Å². The quantitative estimate of drug-likeness (QED) is 0.800. The van der Waals surface area contributed by atoms with Crippen molar-refractivity contribution in [3.8, 4) is 5.69 Å². The van der Waals surface area contributed by atoms with E-state index in [9.17, 15) is 4.79 Å². The number of ether oxygens (including phenoxy) is 1. The van der Waals surface area contributed by atoms with E-state index in [1.807, 2.05) is 29.8 Å². The van der Waals surface area contributed by atoms with Crippen molar-refractivity contribution < 1.29 is 9.53 Å². The van der Waals surface area contributed by atoms with Crippen molar-refractivity contribution in [2.24, 2.45) is 0 Å². The molecule has 0 N–H and O–H groups in total. The molecule has 0 atom stereocenters. The molecule has 1 aromatic heterocycles. The zero-order valence-electron chi connectivity index (χ0n) is 9.48. The van der Waals surface area contributed by atoms with Crippen molar-refractivity contribution in [1.29, 1.82) is 0 Å². The number of hydrogen-bond donors (Lipinski definition) is 0. The van der Waals surface area contributed by atoms with Crippen LogP contribution in [0.1, 0.15) is 16.2 Å². The summed E-state index contributed by atoms with van der Waals surface area (Å²) in [5, 5.41) is 0. The first-order chi connectivity index (χ1) is 8.11. The molecule has 0 spiro atoms. The van der Waals surface area contributed by atoms with Gasteiger partial charge < -0.3 is 9.30 Å². The summed E-state index contributed by atoms with van der Waals surface area (Å²) in [7, 11) is 1.37. The van der Waals surface area contributed by atoms with E-state index < -0.39 is 0 Å². The van der Waals surface area contributed by atoms with Gasteiger partial charge in [-0.2, -0.15) is 0 Å². The Kier molecular flexibility index (Phi) is 3.28. The molecular weight excluding hydrogens is 284 g/mol. The van der Waals surface area contributed by atoms with Crippen LogP contribution in [0.5, 0.6) is 0 Å². The van der Waals surface area contributed by atoms with Crippen LogP contribution in [0.25, 0.3) is 5.69 Å². The molecule has 0 amide bonds. The first kappa shape index (κ1) is 11.9. The number of aryl methyl sites for hydroxylation is 1. The van der Waals surface area contributed by atoms with E-state index in [0.29, 0.717) is 5.56 Å². The number of hydrogen-bond acceptors (Lipinski definition) is 3. The van der Waals surface area contributed by atoms with Gasteiger partial charge in [-0.05, 0) is 41.1 Å². The van der Waals surface area contributed by atoms with E-state index >= 15 is 0 Å². The average molecular weight is 295 g/mol. The lowest BCUT2D eigenvalue weighted by Gasteiger charge is -2.06. The van der Waals surface area contributed by atoms with Crippen LogP contribution in [0.4, 0.5) is 0 Å². The van der Waals surface area contributed by atoms with E-state index in [-0.39, 0.29) is 5.97 Å². The van der Waals surface area contributed by atoms with Gasteiger partial charge in [0, 0.05) is 11.9 Å². The van der Waals surface area contributed by atoms with Gasteiger partial charge in [-0.25, -0.2) is 9.78 Å². The summed E-state index contributed by atoms with van der Waals surface area (Å²) in [5.41, 5.74) is 1.40. The number of esters is 1. The van der Waals surface area contributed by atoms with E-state index in [1.165, 1.54) is 7.11 Å². The lowest BCUT2D eigenvalue weighted by molar-refractivity contribution is 0.0600. The van der Waals surface area contributed by atoms with Crippen molar-refractivity contribution in [1.82, 2.24) is 9.55 Å². The van der Waals surface area contributed by atoms with Crippen LogP contribution >= 0.6 is 15.9 Å². The predicted octanol–water partition coefficient (Wildman–Crippen LogP) is 2.73. The number of rotatable bonds is 2. The van der Waals surface area contributed by atoms with Gasteiger partial charge in [0.1, 0.15) is 10.4 Å². The third kappa shape index (κ3) is 2.39. The fourth-order valence-corrected chi connectivity index (χ4v) is 2.06. The molecule has 2 rings (SSSR count). The molecule has 4 nitrogen and oxygen atoms in total. The minimum atomic E-state index is -0.344. The third-order valence-corrected chi connectivity index (χ3v) is 2.78. The topological polar surface area (TPSA) is 44.1 Å². The highest BCUT2D eigenvalue weighted by atomic mass is 79.9. The standard InChI is InChI=1S/C12H11BrN2O2/c1-8-14-11(13)7-15(8)10-5-3-4-9(6-10)12(16)17-2/h3-7H,1-2H3. The number of methoxy groups -OCH3 is 1. The zero-order valence-corrected chi connectivity index (χ0v) is 11.1. The number of nitrogens with zero attached hydrogens (tertiary/aromatic N) is 2. The van der Waals surface area contributed by atoms with Gasteiger partial charge in [0.05, 0.1) is 12.7 Å². The fourth-order valence-electron chi connectivity index (χ4n) is 1.60. The average Bonchev–Trinajstić information content (AvgIpc) is 2.67. The van der Waals surface area contributed by atoms with Gasteiger partial charge >= 0.3 is 5.97 Å². The lowest BCUT2D eigenvalue weighted by atomic mass is 10.2. The molecule has 0 bridgehead atoms. The second-order valence-corrected chi connectivity index (χ2v) is 4.34. The molecular formula is C12H11BrN2O2. The summed E-state index contributed by atoms with van der Waals surface area (Å²) in [6, 6.07) is 7.21. The molecule has 1 aromatic carbocycles. The monoisotopic (exact) mass is 294 g/mol. The third-order valence-electron chi connectivity index (χ3n) is 2.40. The normalized spacial score (nSPS) is 10.3. The van der Waals surface area contributed by atoms with Gasteiger partial charge in [0.25, 0.3) is 0 Å². The highest BCUT2D eigenvalue weighted by Crippen LogP contribution is 2.17. The molecule has 0 aliphatic rings. The fraction of sp³-hybridized carbons (Fsp3) is 0.167. The Labute approximate surface area is 107 Å². The zero-order chi connectivity index (χ0) is 12.4. The Balaban J connectivity index is 2.46. The SMILES string of the molecule is COC(=O)c1cccc(-n2cc(Br)nc2C)c1. The van der Waals surface area contributed by atoms with E-state index in [1.54, 1.807) is 12.1 Å². The summed E-state index contributed by atoms with van der Waals surface area (Å²) in [5.74, 6) is 0.502. The van der Waals surface area contributed by atoms with Crippen molar-refractivity contribution >= 4 is 21.9 Å². The van der Waals surface area contributed by atoms with Crippen LogP contribution in [0, 0.1) is 6.92 Å². The van der Waals surface area contributed by atoms with Crippen LogP contribution in [0.2, 0.25) is 0 Å². The Morgan fingerprint density at radius 2 is 2.24 bits per heavy atom. The summed E-state index contributed by atoms with van der Waals surface area (Å²) in [6.45, 7) is 1.90. The first-order valence-corrected chi connectivity index (χ1v) is 5.81. The molecule has 5 heteroatoms. The second kappa shape index (κ2) is 4.71. The van der Waals surface area contributed by atoms with Crippen molar-refractivity contribution in [3.63, 3.8) is 0 Å². The molecule has 0 fully saturated rings. The number of carbonyl (C=O) groups is 1. The lowest BCUT2D eigenvalue weighted by Crippen LogP contribution is -2.03. The van der Waals surface area contributed by atoms with Crippen molar-refractivity contribution in [2.75, 3.05) is 7.11 Å². The molecule has 0 aliphatic carbocycles. The predicted molar refractivity (Wildman–Crippen MR) is 67.3 cm³/mol. The number of benzene rings is 1. The van der Waals surface area contributed by atoms with Gasteiger partial charge in [-0.3, -0.25) is 0 Å². The van der Waals surface area contributed by atoms with Crippen molar-refractivity contribution in [3.05, 3.63) is 46.5 Å². The smallest absolute Gasteiger partial charge is 0.337 e. The maximum Gasteiger partial charge on any atom is 0.337 e. The number of carbonyl (C=O) groups excluding carboxylic acids is 1. The first-order valence-electron chi connectivity index (χ1n) is 5.02.